The SMILES string of the molecule is C=CCNC(=O)C(=O)C(CC)NC(=O)[C@@H]1[C@@H]2[C@H](CN1C(=O)[C@@H](NC(=O)N[C@H](C(=O)OCc1ccccc1)C(C)(C)C)C(C)(C)C)C2(C)C. The predicted octanol–water partition coefficient (Wildman–Crippen LogP) is 3.11. The van der Waals surface area contributed by atoms with Gasteiger partial charge in [0.15, 0.2) is 0 Å². The topological polar surface area (TPSA) is 163 Å². The zero-order valence-corrected chi connectivity index (χ0v) is 29.8. The van der Waals surface area contributed by atoms with Crippen LogP contribution in [0.15, 0.2) is 43.0 Å². The minimum absolute atomic E-state index is 0.0414. The monoisotopic (exact) mass is 667 g/mol. The molecule has 0 bridgehead atoms. The molecule has 48 heavy (non-hydrogen) atoms. The van der Waals surface area contributed by atoms with E-state index in [1.165, 1.54) is 11.0 Å². The standard InChI is InChI=1S/C36H53N5O7/c1-11-18-37-30(44)26(42)23(12-2)38-29(43)25-24-22(36(24,9)10)19-41(25)31(45)27(34(3,4)5)39-33(47)40-28(35(6,7)8)32(46)48-20-21-16-14-13-15-17-21/h11,13-17,22-25,27-28H,1,12,18-20H2,2-10H3,(H,37,44)(H,38,43)(H2,39,40,47)/t22-,23?,24-,25-,27+,28+/m0/s1. The van der Waals surface area contributed by atoms with Gasteiger partial charge in [-0.2, -0.15) is 0 Å². The second-order valence-electron chi connectivity index (χ2n) is 15.5. The van der Waals surface area contributed by atoms with Crippen LogP contribution in [0.1, 0.15) is 74.3 Å². The van der Waals surface area contributed by atoms with Crippen LogP contribution in [-0.2, 0) is 35.3 Å². The Morgan fingerprint density at radius 1 is 0.958 bits per heavy atom. The van der Waals surface area contributed by atoms with E-state index in [0.717, 1.165) is 5.56 Å². The minimum Gasteiger partial charge on any atom is -0.459 e. The van der Waals surface area contributed by atoms with Gasteiger partial charge in [0, 0.05) is 13.1 Å². The van der Waals surface area contributed by atoms with E-state index >= 15 is 0 Å². The first-order valence-corrected chi connectivity index (χ1v) is 16.6. The molecular weight excluding hydrogens is 614 g/mol. The number of hydrogen-bond acceptors (Lipinski definition) is 7. The molecule has 4 N–H and O–H groups in total. The van der Waals surface area contributed by atoms with Crippen molar-refractivity contribution in [1.82, 2.24) is 26.2 Å². The summed E-state index contributed by atoms with van der Waals surface area (Å²) in [6.07, 6.45) is 1.63. The lowest BCUT2D eigenvalue weighted by molar-refractivity contribution is -0.150. The van der Waals surface area contributed by atoms with Gasteiger partial charge in [-0.1, -0.05) is 98.7 Å². The maximum Gasteiger partial charge on any atom is 0.329 e. The average molecular weight is 668 g/mol. The van der Waals surface area contributed by atoms with Crippen molar-refractivity contribution in [2.45, 2.75) is 99.5 Å². The van der Waals surface area contributed by atoms with Gasteiger partial charge < -0.3 is 30.9 Å². The van der Waals surface area contributed by atoms with Crippen molar-refractivity contribution in [3.05, 3.63) is 48.6 Å². The summed E-state index contributed by atoms with van der Waals surface area (Å²) in [5.41, 5.74) is -0.910. The van der Waals surface area contributed by atoms with Crippen molar-refractivity contribution < 1.29 is 33.5 Å². The Hall–Kier alpha value is -4.22. The summed E-state index contributed by atoms with van der Waals surface area (Å²) < 4.78 is 5.53. The highest BCUT2D eigenvalue weighted by Crippen LogP contribution is 2.65. The molecule has 2 fully saturated rings. The minimum atomic E-state index is -1.07. The molecule has 1 saturated carbocycles. The number of hydrogen-bond donors (Lipinski definition) is 4. The number of nitrogens with zero attached hydrogens (tertiary/aromatic N) is 1. The van der Waals surface area contributed by atoms with E-state index < -0.39 is 70.5 Å². The molecule has 1 aliphatic heterocycles. The Labute approximate surface area is 284 Å². The number of Topliss-reactive ketones (excluding diaryl/α,β-unsaturated/α-hetero) is 1. The zero-order valence-electron chi connectivity index (χ0n) is 29.8. The number of ketones is 1. The molecule has 3 rings (SSSR count). The molecule has 1 unspecified atom stereocenters. The van der Waals surface area contributed by atoms with Gasteiger partial charge >= 0.3 is 12.0 Å². The van der Waals surface area contributed by atoms with Crippen LogP contribution in [-0.4, -0.2) is 77.7 Å². The van der Waals surface area contributed by atoms with Gasteiger partial charge in [-0.05, 0) is 40.1 Å². The van der Waals surface area contributed by atoms with Crippen molar-refractivity contribution in [1.29, 1.82) is 0 Å². The lowest BCUT2D eigenvalue weighted by Gasteiger charge is -2.38. The molecule has 5 amide bonds. The van der Waals surface area contributed by atoms with E-state index in [4.69, 9.17) is 4.74 Å². The molecule has 6 atom stereocenters. The third-order valence-corrected chi connectivity index (χ3v) is 9.42. The highest BCUT2D eigenvalue weighted by Gasteiger charge is 2.70. The highest BCUT2D eigenvalue weighted by atomic mass is 16.5. The normalized spacial score (nSPS) is 21.4. The van der Waals surface area contributed by atoms with E-state index in [2.05, 4.69) is 27.8 Å². The van der Waals surface area contributed by atoms with E-state index in [-0.39, 0.29) is 36.8 Å². The van der Waals surface area contributed by atoms with Gasteiger partial charge in [0.05, 0.1) is 6.04 Å². The first-order valence-electron chi connectivity index (χ1n) is 16.6. The first-order chi connectivity index (χ1) is 22.2. The number of piperidine rings is 1. The largest absolute Gasteiger partial charge is 0.459 e. The van der Waals surface area contributed by atoms with Crippen LogP contribution in [0.3, 0.4) is 0 Å². The fourth-order valence-electron chi connectivity index (χ4n) is 6.39. The zero-order chi connectivity index (χ0) is 36.2. The van der Waals surface area contributed by atoms with E-state index in [0.29, 0.717) is 6.54 Å². The van der Waals surface area contributed by atoms with Gasteiger partial charge in [-0.3, -0.25) is 19.2 Å². The maximum absolute atomic E-state index is 14.3. The number of esters is 1. The fraction of sp³-hybridized carbons (Fsp3) is 0.611. The Balaban J connectivity index is 1.78. The van der Waals surface area contributed by atoms with Gasteiger partial charge in [0.1, 0.15) is 24.7 Å². The molecule has 1 aliphatic carbocycles. The fourth-order valence-corrected chi connectivity index (χ4v) is 6.39. The van der Waals surface area contributed by atoms with Gasteiger partial charge in [0.25, 0.3) is 5.91 Å². The summed E-state index contributed by atoms with van der Waals surface area (Å²) in [4.78, 5) is 81.4. The lowest BCUT2D eigenvalue weighted by atomic mass is 9.85. The van der Waals surface area contributed by atoms with Crippen LogP contribution >= 0.6 is 0 Å². The summed E-state index contributed by atoms with van der Waals surface area (Å²) in [6, 6.07) is 4.40. The van der Waals surface area contributed by atoms with E-state index in [1.807, 2.05) is 44.2 Å². The Morgan fingerprint density at radius 2 is 1.54 bits per heavy atom. The van der Waals surface area contributed by atoms with Crippen molar-refractivity contribution in [2.24, 2.45) is 28.1 Å². The van der Waals surface area contributed by atoms with E-state index in [9.17, 15) is 28.8 Å². The molecule has 12 heteroatoms. The van der Waals surface area contributed by atoms with Gasteiger partial charge in [-0.25, -0.2) is 9.59 Å². The number of rotatable bonds is 13. The summed E-state index contributed by atoms with van der Waals surface area (Å²) in [5.74, 6) is -3.32. The maximum atomic E-state index is 14.3. The summed E-state index contributed by atoms with van der Waals surface area (Å²) >= 11 is 0. The first kappa shape index (κ1) is 38.2. The van der Waals surface area contributed by atoms with Crippen LogP contribution in [0, 0.1) is 28.1 Å². The van der Waals surface area contributed by atoms with Crippen molar-refractivity contribution in [3.8, 4) is 0 Å². The van der Waals surface area contributed by atoms with Crippen LogP contribution < -0.4 is 21.3 Å². The second-order valence-corrected chi connectivity index (χ2v) is 15.5. The molecule has 0 aromatic heterocycles. The quantitative estimate of drug-likeness (QED) is 0.143. The molecule has 12 nitrogen and oxygen atoms in total. The highest BCUT2D eigenvalue weighted by molar-refractivity contribution is 6.38. The molecule has 264 valence electrons. The molecule has 1 heterocycles. The molecule has 1 aromatic carbocycles. The average Bonchev–Trinajstić information content (AvgIpc) is 3.32. The number of carbonyl (C=O) groups excluding carboxylic acids is 6. The smallest absolute Gasteiger partial charge is 0.329 e. The molecule has 0 radical (unpaired) electrons. The number of benzene rings is 1. The van der Waals surface area contributed by atoms with Crippen LogP contribution in [0.25, 0.3) is 0 Å². The Bertz CT molecular complexity index is 1400. The van der Waals surface area contributed by atoms with Crippen molar-refractivity contribution >= 4 is 35.5 Å². The summed E-state index contributed by atoms with van der Waals surface area (Å²) in [7, 11) is 0. The third-order valence-electron chi connectivity index (χ3n) is 9.42. The number of fused-ring (bicyclic) bond motifs is 1. The Kier molecular flexibility index (Phi) is 11.9. The number of urea groups is 1. The molecule has 0 spiro atoms. The van der Waals surface area contributed by atoms with Crippen LogP contribution in [0.5, 0.6) is 0 Å². The summed E-state index contributed by atoms with van der Waals surface area (Å²) in [5, 5.41) is 10.7. The number of carbonyl (C=O) groups is 6. The molecule has 1 aromatic rings. The molecule has 2 aliphatic rings. The Morgan fingerprint density at radius 3 is 2.08 bits per heavy atom. The van der Waals surface area contributed by atoms with E-state index in [1.54, 1.807) is 48.5 Å². The predicted molar refractivity (Wildman–Crippen MR) is 181 cm³/mol. The number of nitrogens with one attached hydrogen (secondary N) is 4. The van der Waals surface area contributed by atoms with Crippen molar-refractivity contribution in [2.75, 3.05) is 13.1 Å². The van der Waals surface area contributed by atoms with Gasteiger partial charge in [-0.15, -0.1) is 6.58 Å². The van der Waals surface area contributed by atoms with Crippen LogP contribution in [0.2, 0.25) is 0 Å². The molecule has 1 saturated heterocycles. The molecular formula is C36H53N5O7. The van der Waals surface area contributed by atoms with Gasteiger partial charge in [0.2, 0.25) is 17.6 Å². The lowest BCUT2D eigenvalue weighted by Crippen LogP contribution is -2.62. The number of amides is 5. The summed E-state index contributed by atoms with van der Waals surface area (Å²) in [6.45, 7) is 20.5. The second kappa shape index (κ2) is 14.9. The number of ether oxygens (including phenoxy) is 1. The van der Waals surface area contributed by atoms with Crippen LogP contribution in [0.4, 0.5) is 4.79 Å². The number of likely N-dealkylation sites (tertiary alicyclic amines) is 1. The van der Waals surface area contributed by atoms with Crippen molar-refractivity contribution in [3.63, 3.8) is 0 Å². The third kappa shape index (κ3) is 8.82.